The number of aromatic nitrogens is 1. The second-order valence-electron chi connectivity index (χ2n) is 6.84. The number of hydrogen-bond acceptors (Lipinski definition) is 5. The number of esters is 1. The normalized spacial score (nSPS) is 11.5. The smallest absolute Gasteiger partial charge is 0.333 e. The molecule has 1 unspecified atom stereocenters. The van der Waals surface area contributed by atoms with Gasteiger partial charge in [0.2, 0.25) is 0 Å². The van der Waals surface area contributed by atoms with Crippen LogP contribution in [0.25, 0.3) is 11.3 Å². The fourth-order valence-corrected chi connectivity index (χ4v) is 3.07. The molecule has 154 valence electrons. The summed E-state index contributed by atoms with van der Waals surface area (Å²) in [5.74, 6) is -0.359. The van der Waals surface area contributed by atoms with Crippen LogP contribution in [0.5, 0.6) is 0 Å². The summed E-state index contributed by atoms with van der Waals surface area (Å²) in [5.41, 5.74) is 2.44. The maximum absolute atomic E-state index is 12.9. The average Bonchev–Trinajstić information content (AvgIpc) is 3.32. The third-order valence-electron chi connectivity index (χ3n) is 4.66. The van der Waals surface area contributed by atoms with E-state index in [1.54, 1.807) is 54.6 Å². The zero-order chi connectivity index (χ0) is 21.5. The highest BCUT2D eigenvalue weighted by atomic mass is 16.5. The first kappa shape index (κ1) is 20.1. The van der Waals surface area contributed by atoms with Crippen molar-refractivity contribution in [2.24, 2.45) is 0 Å². The highest BCUT2D eigenvalue weighted by Gasteiger charge is 2.25. The van der Waals surface area contributed by atoms with Gasteiger partial charge in [0.25, 0.3) is 5.91 Å². The molecule has 31 heavy (non-hydrogen) atoms. The van der Waals surface area contributed by atoms with Gasteiger partial charge >= 0.3 is 5.97 Å². The van der Waals surface area contributed by atoms with Gasteiger partial charge in [-0.15, -0.1) is 0 Å². The van der Waals surface area contributed by atoms with Gasteiger partial charge in [-0.2, -0.15) is 0 Å². The molecule has 0 radical (unpaired) electrons. The van der Waals surface area contributed by atoms with Crippen LogP contribution in [0.3, 0.4) is 0 Å². The zero-order valence-electron chi connectivity index (χ0n) is 16.6. The lowest BCUT2D eigenvalue weighted by atomic mass is 10.1. The lowest BCUT2D eigenvalue weighted by molar-refractivity contribution is -0.147. The van der Waals surface area contributed by atoms with E-state index in [-0.39, 0.29) is 12.5 Å². The molecule has 6 nitrogen and oxygen atoms in total. The summed E-state index contributed by atoms with van der Waals surface area (Å²) in [6.07, 6.45) is 0. The quantitative estimate of drug-likeness (QED) is 0.450. The molecule has 4 rings (SSSR count). The molecule has 0 aliphatic rings. The Morgan fingerprint density at radius 2 is 1.48 bits per heavy atom. The van der Waals surface area contributed by atoms with Crippen molar-refractivity contribution in [3.8, 4) is 11.3 Å². The van der Waals surface area contributed by atoms with Crippen LogP contribution in [0, 0.1) is 0 Å². The van der Waals surface area contributed by atoms with Crippen LogP contribution in [-0.2, 0) is 16.1 Å². The molecule has 0 saturated carbocycles. The van der Waals surface area contributed by atoms with Crippen LogP contribution >= 0.6 is 0 Å². The SMILES string of the molecule is O=C(NC(C(=O)OCc1cc(-c2ccccc2)on1)c1ccccc1)c1ccccc1. The molecular weight excluding hydrogens is 392 g/mol. The van der Waals surface area contributed by atoms with Crippen molar-refractivity contribution in [3.63, 3.8) is 0 Å². The van der Waals surface area contributed by atoms with Crippen LogP contribution in [0.2, 0.25) is 0 Å². The molecule has 0 spiro atoms. The highest BCUT2D eigenvalue weighted by molar-refractivity contribution is 5.97. The van der Waals surface area contributed by atoms with E-state index in [1.165, 1.54) is 0 Å². The molecule has 0 fully saturated rings. The van der Waals surface area contributed by atoms with Crippen LogP contribution < -0.4 is 5.32 Å². The summed E-state index contributed by atoms with van der Waals surface area (Å²) >= 11 is 0. The van der Waals surface area contributed by atoms with Crippen molar-refractivity contribution in [1.29, 1.82) is 0 Å². The molecule has 3 aromatic carbocycles. The molecule has 4 aromatic rings. The van der Waals surface area contributed by atoms with Crippen molar-refractivity contribution in [2.45, 2.75) is 12.6 Å². The summed E-state index contributed by atoms with van der Waals surface area (Å²) in [6, 6.07) is 28.0. The number of rotatable bonds is 7. The Bertz CT molecular complexity index is 1140. The summed E-state index contributed by atoms with van der Waals surface area (Å²) in [4.78, 5) is 25.5. The molecule has 0 saturated heterocycles. The molecule has 6 heteroatoms. The fourth-order valence-electron chi connectivity index (χ4n) is 3.07. The van der Waals surface area contributed by atoms with Gasteiger partial charge in [0, 0.05) is 17.2 Å². The highest BCUT2D eigenvalue weighted by Crippen LogP contribution is 2.21. The number of hydrogen-bond donors (Lipinski definition) is 1. The van der Waals surface area contributed by atoms with Crippen molar-refractivity contribution >= 4 is 11.9 Å². The summed E-state index contributed by atoms with van der Waals surface area (Å²) in [6.45, 7) is -0.0697. The molecule has 1 atom stereocenters. The van der Waals surface area contributed by atoms with E-state index in [4.69, 9.17) is 9.26 Å². The lowest BCUT2D eigenvalue weighted by Crippen LogP contribution is -2.34. The van der Waals surface area contributed by atoms with E-state index in [0.717, 1.165) is 5.56 Å². The van der Waals surface area contributed by atoms with E-state index < -0.39 is 12.0 Å². The predicted molar refractivity (Wildman–Crippen MR) is 115 cm³/mol. The minimum Gasteiger partial charge on any atom is -0.457 e. The van der Waals surface area contributed by atoms with Crippen LogP contribution in [0.15, 0.2) is 102 Å². The molecule has 1 heterocycles. The molecule has 1 amide bonds. The standard InChI is InChI=1S/C25H20N2O4/c28-24(20-14-8-3-9-15-20)26-23(19-12-6-2-7-13-19)25(29)30-17-21-16-22(31-27-21)18-10-4-1-5-11-18/h1-16,23H,17H2,(H,26,28). The molecule has 1 aromatic heterocycles. The molecule has 1 N–H and O–H groups in total. The summed E-state index contributed by atoms with van der Waals surface area (Å²) < 4.78 is 10.8. The van der Waals surface area contributed by atoms with Gasteiger partial charge in [-0.1, -0.05) is 84.0 Å². The zero-order valence-corrected chi connectivity index (χ0v) is 16.6. The van der Waals surface area contributed by atoms with E-state index in [1.807, 2.05) is 42.5 Å². The van der Waals surface area contributed by atoms with Gasteiger partial charge in [-0.05, 0) is 17.7 Å². The Morgan fingerprint density at radius 3 is 2.16 bits per heavy atom. The number of carbonyl (C=O) groups excluding carboxylic acids is 2. The number of benzene rings is 3. The topological polar surface area (TPSA) is 81.4 Å². The van der Waals surface area contributed by atoms with Crippen LogP contribution in [-0.4, -0.2) is 17.0 Å². The number of nitrogens with one attached hydrogen (secondary N) is 1. The van der Waals surface area contributed by atoms with Gasteiger partial charge in [0.1, 0.15) is 12.3 Å². The van der Waals surface area contributed by atoms with E-state index in [2.05, 4.69) is 10.5 Å². The van der Waals surface area contributed by atoms with Crippen LogP contribution in [0.4, 0.5) is 0 Å². The largest absolute Gasteiger partial charge is 0.457 e. The Labute approximate surface area is 179 Å². The molecule has 0 bridgehead atoms. The van der Waals surface area contributed by atoms with Gasteiger partial charge in [0.05, 0.1) is 0 Å². The number of amides is 1. The maximum Gasteiger partial charge on any atom is 0.333 e. The second-order valence-corrected chi connectivity index (χ2v) is 6.84. The summed E-state index contributed by atoms with van der Waals surface area (Å²) in [5, 5.41) is 6.72. The Kier molecular flexibility index (Phi) is 6.18. The number of nitrogens with zero attached hydrogens (tertiary/aromatic N) is 1. The van der Waals surface area contributed by atoms with E-state index in [9.17, 15) is 9.59 Å². The third kappa shape index (κ3) is 5.05. The van der Waals surface area contributed by atoms with E-state index in [0.29, 0.717) is 22.6 Å². The Hall–Kier alpha value is -4.19. The Morgan fingerprint density at radius 1 is 0.871 bits per heavy atom. The average molecular weight is 412 g/mol. The molecular formula is C25H20N2O4. The number of carbonyl (C=O) groups is 2. The van der Waals surface area contributed by atoms with Gasteiger partial charge in [-0.25, -0.2) is 4.79 Å². The summed E-state index contributed by atoms with van der Waals surface area (Å²) in [7, 11) is 0. The Balaban J connectivity index is 1.46. The third-order valence-corrected chi connectivity index (χ3v) is 4.66. The minimum absolute atomic E-state index is 0.0697. The second kappa shape index (κ2) is 9.54. The van der Waals surface area contributed by atoms with Crippen molar-refractivity contribution in [1.82, 2.24) is 10.5 Å². The van der Waals surface area contributed by atoms with Crippen molar-refractivity contribution < 1.29 is 18.8 Å². The first-order valence-electron chi connectivity index (χ1n) is 9.79. The predicted octanol–water partition coefficient (Wildman–Crippen LogP) is 4.56. The van der Waals surface area contributed by atoms with Gasteiger partial charge in [0.15, 0.2) is 11.8 Å². The van der Waals surface area contributed by atoms with Crippen molar-refractivity contribution in [2.75, 3.05) is 0 Å². The van der Waals surface area contributed by atoms with Crippen molar-refractivity contribution in [3.05, 3.63) is 114 Å². The molecule has 0 aliphatic carbocycles. The van der Waals surface area contributed by atoms with Crippen LogP contribution in [0.1, 0.15) is 27.7 Å². The monoisotopic (exact) mass is 412 g/mol. The fraction of sp³-hybridized carbons (Fsp3) is 0.0800. The maximum atomic E-state index is 12.9. The first-order valence-corrected chi connectivity index (χ1v) is 9.79. The van der Waals surface area contributed by atoms with Gasteiger partial charge < -0.3 is 14.6 Å². The lowest BCUT2D eigenvalue weighted by Gasteiger charge is -2.18. The van der Waals surface area contributed by atoms with Gasteiger partial charge in [-0.3, -0.25) is 4.79 Å². The number of ether oxygens (including phenoxy) is 1. The van der Waals surface area contributed by atoms with E-state index >= 15 is 0 Å². The minimum atomic E-state index is -0.950. The molecule has 0 aliphatic heterocycles. The first-order chi connectivity index (χ1) is 15.2.